The van der Waals surface area contributed by atoms with Gasteiger partial charge in [-0.15, -0.1) is 0 Å². The second kappa shape index (κ2) is 9.46. The average Bonchev–Trinajstić information content (AvgIpc) is 2.60. The highest BCUT2D eigenvalue weighted by molar-refractivity contribution is 5.60. The molecule has 9 heteroatoms. The molecular weight excluding hydrogens is 344 g/mol. The predicted octanol–water partition coefficient (Wildman–Crippen LogP) is 2.23. The van der Waals surface area contributed by atoms with Gasteiger partial charge in [-0.25, -0.2) is 4.79 Å². The van der Waals surface area contributed by atoms with E-state index in [4.69, 9.17) is 18.9 Å². The summed E-state index contributed by atoms with van der Waals surface area (Å²) in [4.78, 5) is 22.0. The molecule has 0 unspecified atom stereocenters. The van der Waals surface area contributed by atoms with Crippen molar-refractivity contribution in [2.24, 2.45) is 5.92 Å². The molecule has 1 aliphatic heterocycles. The number of ether oxygens (including phenoxy) is 4. The Labute approximate surface area is 151 Å². The van der Waals surface area contributed by atoms with Gasteiger partial charge < -0.3 is 24.3 Å². The van der Waals surface area contributed by atoms with Crippen molar-refractivity contribution in [1.82, 2.24) is 5.32 Å². The summed E-state index contributed by atoms with van der Waals surface area (Å²) in [5, 5.41) is 13.9. The highest BCUT2D eigenvalue weighted by Gasteiger charge is 2.38. The zero-order valence-electron chi connectivity index (χ0n) is 15.0. The van der Waals surface area contributed by atoms with Crippen LogP contribution in [0.4, 0.5) is 10.5 Å². The van der Waals surface area contributed by atoms with Crippen molar-refractivity contribution in [3.8, 4) is 0 Å². The first-order chi connectivity index (χ1) is 12.4. The van der Waals surface area contributed by atoms with Gasteiger partial charge in [0, 0.05) is 51.3 Å². The first kappa shape index (κ1) is 20.1. The fraction of sp³-hybridized carbons (Fsp3) is 0.588. The quantitative estimate of drug-likeness (QED) is 0.306. The second-order valence-corrected chi connectivity index (χ2v) is 6.10. The molecule has 26 heavy (non-hydrogen) atoms. The summed E-state index contributed by atoms with van der Waals surface area (Å²) < 4.78 is 20.8. The Morgan fingerprint density at radius 3 is 2.46 bits per heavy atom. The van der Waals surface area contributed by atoms with Crippen LogP contribution in [0.3, 0.4) is 0 Å². The standard InChI is InChI=1S/C17H24N2O7/c1-11(14-9-18-15(14)8-16(23-2)24-3)26-17(20)25-10-12-4-6-13(7-5-12)19(21)22/h4-7,11,14-16,18H,8-10H2,1-3H3/t11-,14-,15-/m1/s1. The lowest BCUT2D eigenvalue weighted by Crippen LogP contribution is -2.59. The van der Waals surface area contributed by atoms with Crippen LogP contribution >= 0.6 is 0 Å². The molecule has 1 heterocycles. The maximum absolute atomic E-state index is 11.9. The minimum absolute atomic E-state index is 0.00861. The van der Waals surface area contributed by atoms with Crippen LogP contribution in [0.15, 0.2) is 24.3 Å². The molecule has 0 saturated carbocycles. The zero-order chi connectivity index (χ0) is 19.1. The third kappa shape index (κ3) is 5.38. The predicted molar refractivity (Wildman–Crippen MR) is 91.5 cm³/mol. The minimum atomic E-state index is -0.767. The van der Waals surface area contributed by atoms with Crippen LogP contribution in [0, 0.1) is 16.0 Å². The first-order valence-electron chi connectivity index (χ1n) is 8.30. The molecule has 0 amide bonds. The Bertz CT molecular complexity index is 604. The molecule has 1 fully saturated rings. The van der Waals surface area contributed by atoms with Crippen molar-refractivity contribution in [3.05, 3.63) is 39.9 Å². The van der Waals surface area contributed by atoms with E-state index in [-0.39, 0.29) is 36.6 Å². The highest BCUT2D eigenvalue weighted by atomic mass is 16.7. The van der Waals surface area contributed by atoms with Gasteiger partial charge >= 0.3 is 6.16 Å². The Morgan fingerprint density at radius 1 is 1.31 bits per heavy atom. The van der Waals surface area contributed by atoms with Crippen LogP contribution in [0.5, 0.6) is 0 Å². The number of rotatable bonds is 9. The van der Waals surface area contributed by atoms with E-state index in [0.29, 0.717) is 12.0 Å². The molecule has 2 rings (SSSR count). The number of nitro groups is 1. The van der Waals surface area contributed by atoms with Crippen LogP contribution in [0.2, 0.25) is 0 Å². The number of nitrogens with one attached hydrogen (secondary N) is 1. The molecule has 0 spiro atoms. The second-order valence-electron chi connectivity index (χ2n) is 6.10. The highest BCUT2D eigenvalue weighted by Crippen LogP contribution is 2.25. The fourth-order valence-electron chi connectivity index (χ4n) is 2.80. The van der Waals surface area contributed by atoms with Gasteiger partial charge in [0.05, 0.1) is 4.92 Å². The molecule has 1 aliphatic rings. The number of hydrogen-bond acceptors (Lipinski definition) is 8. The van der Waals surface area contributed by atoms with E-state index in [1.165, 1.54) is 24.3 Å². The largest absolute Gasteiger partial charge is 0.508 e. The maximum atomic E-state index is 11.9. The molecule has 0 aromatic heterocycles. The molecule has 1 saturated heterocycles. The van der Waals surface area contributed by atoms with Gasteiger partial charge in [0.2, 0.25) is 0 Å². The van der Waals surface area contributed by atoms with E-state index in [1.807, 2.05) is 6.92 Å². The van der Waals surface area contributed by atoms with Crippen molar-refractivity contribution in [2.75, 3.05) is 20.8 Å². The van der Waals surface area contributed by atoms with Crippen molar-refractivity contribution in [1.29, 1.82) is 0 Å². The summed E-state index contributed by atoms with van der Waals surface area (Å²) >= 11 is 0. The third-order valence-electron chi connectivity index (χ3n) is 4.49. The summed E-state index contributed by atoms with van der Waals surface area (Å²) in [6, 6.07) is 5.93. The van der Waals surface area contributed by atoms with Crippen molar-refractivity contribution < 1.29 is 28.7 Å². The summed E-state index contributed by atoms with van der Waals surface area (Å²) in [7, 11) is 3.16. The van der Waals surface area contributed by atoms with Crippen LogP contribution in [0.1, 0.15) is 18.9 Å². The average molecular weight is 368 g/mol. The van der Waals surface area contributed by atoms with Gasteiger partial charge in [-0.1, -0.05) is 0 Å². The van der Waals surface area contributed by atoms with Gasteiger partial charge in [-0.05, 0) is 24.6 Å². The summed E-state index contributed by atoms with van der Waals surface area (Å²) in [6.07, 6.45) is -0.739. The zero-order valence-corrected chi connectivity index (χ0v) is 15.0. The molecule has 1 aromatic carbocycles. The third-order valence-corrected chi connectivity index (χ3v) is 4.49. The molecule has 1 aromatic rings. The fourth-order valence-corrected chi connectivity index (χ4v) is 2.80. The van der Waals surface area contributed by atoms with E-state index in [9.17, 15) is 14.9 Å². The summed E-state index contributed by atoms with van der Waals surface area (Å²) in [6.45, 7) is 2.55. The maximum Gasteiger partial charge on any atom is 0.508 e. The van der Waals surface area contributed by atoms with Crippen molar-refractivity contribution >= 4 is 11.8 Å². The van der Waals surface area contributed by atoms with E-state index < -0.39 is 11.1 Å². The molecule has 1 N–H and O–H groups in total. The molecule has 0 bridgehead atoms. The van der Waals surface area contributed by atoms with Gasteiger partial charge in [0.15, 0.2) is 6.29 Å². The lowest BCUT2D eigenvalue weighted by molar-refractivity contribution is -0.384. The number of benzene rings is 1. The normalized spacial score (nSPS) is 20.3. The molecule has 0 radical (unpaired) electrons. The lowest BCUT2D eigenvalue weighted by Gasteiger charge is -2.42. The van der Waals surface area contributed by atoms with Gasteiger partial charge in [-0.2, -0.15) is 0 Å². The minimum Gasteiger partial charge on any atom is -0.431 e. The topological polar surface area (TPSA) is 109 Å². The smallest absolute Gasteiger partial charge is 0.431 e. The number of hydrogen-bond donors (Lipinski definition) is 1. The Hall–Kier alpha value is -2.23. The first-order valence-corrected chi connectivity index (χ1v) is 8.30. The number of non-ortho nitro benzene ring substituents is 1. The van der Waals surface area contributed by atoms with Crippen molar-refractivity contribution in [2.45, 2.75) is 38.4 Å². The summed E-state index contributed by atoms with van der Waals surface area (Å²) in [5.74, 6) is 0.148. The monoisotopic (exact) mass is 368 g/mol. The van der Waals surface area contributed by atoms with Crippen LogP contribution < -0.4 is 5.32 Å². The lowest BCUT2D eigenvalue weighted by atomic mass is 9.85. The molecule has 3 atom stereocenters. The Morgan fingerprint density at radius 2 is 1.96 bits per heavy atom. The number of carbonyl (C=O) groups is 1. The summed E-state index contributed by atoms with van der Waals surface area (Å²) in [5.41, 5.74) is 0.630. The number of nitro benzene ring substituents is 1. The Balaban J connectivity index is 1.75. The number of methoxy groups -OCH3 is 2. The van der Waals surface area contributed by atoms with E-state index in [2.05, 4.69) is 5.32 Å². The van der Waals surface area contributed by atoms with E-state index in [1.54, 1.807) is 14.2 Å². The molecule has 9 nitrogen and oxygen atoms in total. The molecule has 144 valence electrons. The Kier molecular flexibility index (Phi) is 7.31. The number of carbonyl (C=O) groups excluding carboxylic acids is 1. The van der Waals surface area contributed by atoms with Crippen molar-refractivity contribution in [3.63, 3.8) is 0 Å². The van der Waals surface area contributed by atoms with E-state index in [0.717, 1.165) is 6.54 Å². The van der Waals surface area contributed by atoms with E-state index >= 15 is 0 Å². The van der Waals surface area contributed by atoms with Crippen LogP contribution in [-0.2, 0) is 25.6 Å². The van der Waals surface area contributed by atoms with Gasteiger partial charge in [0.1, 0.15) is 12.7 Å². The van der Waals surface area contributed by atoms with Gasteiger partial charge in [0.25, 0.3) is 5.69 Å². The molecular formula is C17H24N2O7. The van der Waals surface area contributed by atoms with Crippen LogP contribution in [-0.4, -0.2) is 50.3 Å². The SMILES string of the molecule is COC(C[C@H]1NC[C@@H]1[C@@H](C)OC(=O)OCc1ccc([N+](=O)[O-])cc1)OC. The molecule has 0 aliphatic carbocycles. The number of nitrogens with zero attached hydrogens (tertiary/aromatic N) is 1. The van der Waals surface area contributed by atoms with Crippen LogP contribution in [0.25, 0.3) is 0 Å². The van der Waals surface area contributed by atoms with Gasteiger partial charge in [-0.3, -0.25) is 10.1 Å².